The van der Waals surface area contributed by atoms with E-state index in [2.05, 4.69) is 56.0 Å². The SMILES string of the molecule is CCOC(=O)/C(=C\CCC(=O)O)NNc1cc(I)cc(I)c1. The van der Waals surface area contributed by atoms with Crippen molar-refractivity contribution in [3.8, 4) is 0 Å². The number of carboxylic acid groups (broad SMARTS) is 1. The molecule has 0 fully saturated rings. The number of hydrogen-bond donors (Lipinski definition) is 3. The van der Waals surface area contributed by atoms with Crippen molar-refractivity contribution in [2.45, 2.75) is 19.8 Å². The molecule has 1 aromatic carbocycles. The molecule has 0 spiro atoms. The Hall–Kier alpha value is -1.04. The van der Waals surface area contributed by atoms with Gasteiger partial charge in [-0.05, 0) is 76.7 Å². The first-order chi connectivity index (χ1) is 10.4. The minimum Gasteiger partial charge on any atom is -0.481 e. The van der Waals surface area contributed by atoms with Crippen LogP contribution < -0.4 is 10.9 Å². The van der Waals surface area contributed by atoms with Crippen molar-refractivity contribution in [3.05, 3.63) is 37.1 Å². The zero-order valence-corrected chi connectivity index (χ0v) is 16.2. The van der Waals surface area contributed by atoms with E-state index in [4.69, 9.17) is 9.84 Å². The summed E-state index contributed by atoms with van der Waals surface area (Å²) in [6.07, 6.45) is 1.70. The third-order valence-corrected chi connectivity index (χ3v) is 3.65. The number of carbonyl (C=O) groups excluding carboxylic acids is 1. The van der Waals surface area contributed by atoms with Gasteiger partial charge in [0, 0.05) is 13.6 Å². The van der Waals surface area contributed by atoms with E-state index in [0.29, 0.717) is 0 Å². The zero-order chi connectivity index (χ0) is 16.5. The van der Waals surface area contributed by atoms with Crippen LogP contribution in [-0.4, -0.2) is 23.7 Å². The van der Waals surface area contributed by atoms with E-state index >= 15 is 0 Å². The summed E-state index contributed by atoms with van der Waals surface area (Å²) in [7, 11) is 0. The lowest BCUT2D eigenvalue weighted by atomic mass is 10.2. The first-order valence-electron chi connectivity index (χ1n) is 6.49. The van der Waals surface area contributed by atoms with E-state index in [1.54, 1.807) is 6.92 Å². The molecule has 1 aromatic rings. The molecule has 22 heavy (non-hydrogen) atoms. The second-order valence-electron chi connectivity index (χ2n) is 4.18. The molecule has 6 nitrogen and oxygen atoms in total. The first kappa shape index (κ1) is 19.0. The van der Waals surface area contributed by atoms with E-state index in [1.165, 1.54) is 6.08 Å². The number of esters is 1. The molecule has 3 N–H and O–H groups in total. The third kappa shape index (κ3) is 7.29. The normalized spacial score (nSPS) is 11.0. The van der Waals surface area contributed by atoms with Crippen LogP contribution in [0.4, 0.5) is 5.69 Å². The van der Waals surface area contributed by atoms with Gasteiger partial charge in [-0.15, -0.1) is 0 Å². The largest absolute Gasteiger partial charge is 0.481 e. The second kappa shape index (κ2) is 9.87. The molecule has 0 heterocycles. The lowest BCUT2D eigenvalue weighted by Gasteiger charge is -2.13. The number of benzene rings is 1. The van der Waals surface area contributed by atoms with Crippen LogP contribution in [0.15, 0.2) is 30.0 Å². The summed E-state index contributed by atoms with van der Waals surface area (Å²) >= 11 is 4.40. The molecule has 0 saturated heterocycles. The van der Waals surface area contributed by atoms with Crippen LogP contribution in [0, 0.1) is 7.14 Å². The Kier molecular flexibility index (Phi) is 8.53. The molecule has 0 saturated carbocycles. The lowest BCUT2D eigenvalue weighted by Crippen LogP contribution is -2.27. The van der Waals surface area contributed by atoms with Crippen LogP contribution in [0.1, 0.15) is 19.8 Å². The number of nitrogens with one attached hydrogen (secondary N) is 2. The standard InChI is InChI=1S/C14H16I2N2O4/c1-2-22-14(21)12(4-3-5-13(19)20)18-17-11-7-9(15)6-10(16)8-11/h4,6-8,17-18H,2-3,5H2,1H3,(H,19,20)/b12-4+. The monoisotopic (exact) mass is 530 g/mol. The summed E-state index contributed by atoms with van der Waals surface area (Å²) in [6.45, 7) is 1.96. The molecular weight excluding hydrogens is 514 g/mol. The number of rotatable bonds is 8. The van der Waals surface area contributed by atoms with Gasteiger partial charge in [-0.2, -0.15) is 0 Å². The molecule has 0 aromatic heterocycles. The number of anilines is 1. The highest BCUT2D eigenvalue weighted by atomic mass is 127. The fraction of sp³-hybridized carbons (Fsp3) is 0.286. The fourth-order valence-corrected chi connectivity index (χ4v) is 3.44. The molecule has 0 aliphatic carbocycles. The predicted octanol–water partition coefficient (Wildman–Crippen LogP) is 3.12. The van der Waals surface area contributed by atoms with Gasteiger partial charge >= 0.3 is 11.9 Å². The molecule has 1 rings (SSSR count). The molecule has 0 bridgehead atoms. The van der Waals surface area contributed by atoms with Crippen LogP contribution in [-0.2, 0) is 14.3 Å². The minimum atomic E-state index is -0.917. The predicted molar refractivity (Wildman–Crippen MR) is 100 cm³/mol. The van der Waals surface area contributed by atoms with Crippen molar-refractivity contribution < 1.29 is 19.4 Å². The van der Waals surface area contributed by atoms with Gasteiger partial charge in [-0.3, -0.25) is 10.2 Å². The van der Waals surface area contributed by atoms with Crippen LogP contribution >= 0.6 is 45.2 Å². The average molecular weight is 530 g/mol. The maximum absolute atomic E-state index is 11.8. The number of hydrogen-bond acceptors (Lipinski definition) is 5. The van der Waals surface area contributed by atoms with Gasteiger partial charge in [0.05, 0.1) is 12.3 Å². The van der Waals surface area contributed by atoms with Gasteiger partial charge in [0.15, 0.2) is 0 Å². The number of ether oxygens (including phenoxy) is 1. The molecule has 0 amide bonds. The quantitative estimate of drug-likeness (QED) is 0.208. The van der Waals surface area contributed by atoms with Gasteiger partial charge in [0.1, 0.15) is 5.70 Å². The van der Waals surface area contributed by atoms with Crippen molar-refractivity contribution in [2.75, 3.05) is 12.0 Å². The Labute approximate surface area is 155 Å². The van der Waals surface area contributed by atoms with Gasteiger partial charge in [0.25, 0.3) is 0 Å². The van der Waals surface area contributed by atoms with E-state index < -0.39 is 11.9 Å². The highest BCUT2D eigenvalue weighted by Crippen LogP contribution is 2.17. The summed E-state index contributed by atoms with van der Waals surface area (Å²) in [5.74, 6) is -1.44. The van der Waals surface area contributed by atoms with Crippen molar-refractivity contribution >= 4 is 62.8 Å². The summed E-state index contributed by atoms with van der Waals surface area (Å²) in [6, 6.07) is 5.84. The second-order valence-corrected chi connectivity index (χ2v) is 6.67. The molecule has 0 unspecified atom stereocenters. The van der Waals surface area contributed by atoms with Crippen molar-refractivity contribution in [3.63, 3.8) is 0 Å². The smallest absolute Gasteiger partial charge is 0.355 e. The molecule has 120 valence electrons. The number of allylic oxidation sites excluding steroid dienone is 1. The van der Waals surface area contributed by atoms with Gasteiger partial charge < -0.3 is 15.3 Å². The Morgan fingerprint density at radius 3 is 2.45 bits per heavy atom. The molecular formula is C14H16I2N2O4. The number of aliphatic carboxylic acids is 1. The Morgan fingerprint density at radius 2 is 1.91 bits per heavy atom. The summed E-state index contributed by atoms with van der Waals surface area (Å²) < 4.78 is 7.05. The Morgan fingerprint density at radius 1 is 1.27 bits per heavy atom. The molecule has 0 radical (unpaired) electrons. The number of hydrazine groups is 1. The van der Waals surface area contributed by atoms with E-state index in [0.717, 1.165) is 12.8 Å². The van der Waals surface area contributed by atoms with Gasteiger partial charge in [-0.25, -0.2) is 4.79 Å². The van der Waals surface area contributed by atoms with Gasteiger partial charge in [-0.1, -0.05) is 6.08 Å². The summed E-state index contributed by atoms with van der Waals surface area (Å²) in [4.78, 5) is 22.4. The first-order valence-corrected chi connectivity index (χ1v) is 8.65. The van der Waals surface area contributed by atoms with E-state index in [9.17, 15) is 9.59 Å². The molecule has 8 heteroatoms. The highest BCUT2D eigenvalue weighted by molar-refractivity contribution is 14.1. The summed E-state index contributed by atoms with van der Waals surface area (Å²) in [5, 5.41) is 8.65. The fourth-order valence-electron chi connectivity index (χ4n) is 1.50. The lowest BCUT2D eigenvalue weighted by molar-refractivity contribution is -0.139. The number of halogens is 2. The highest BCUT2D eigenvalue weighted by Gasteiger charge is 2.10. The zero-order valence-electron chi connectivity index (χ0n) is 11.9. The molecule has 0 aliphatic rings. The maximum Gasteiger partial charge on any atom is 0.355 e. The number of carboxylic acids is 1. The third-order valence-electron chi connectivity index (χ3n) is 2.41. The maximum atomic E-state index is 11.8. The Balaban J connectivity index is 2.74. The minimum absolute atomic E-state index is 0.0499. The topological polar surface area (TPSA) is 87.7 Å². The number of carbonyl (C=O) groups is 2. The average Bonchev–Trinajstić information content (AvgIpc) is 2.41. The van der Waals surface area contributed by atoms with Crippen molar-refractivity contribution in [2.24, 2.45) is 0 Å². The van der Waals surface area contributed by atoms with Crippen LogP contribution in [0.25, 0.3) is 0 Å². The van der Waals surface area contributed by atoms with E-state index in [1.807, 2.05) is 18.2 Å². The van der Waals surface area contributed by atoms with Crippen LogP contribution in [0.2, 0.25) is 0 Å². The Bertz CT molecular complexity index is 556. The van der Waals surface area contributed by atoms with Gasteiger partial charge in [0.2, 0.25) is 0 Å². The van der Waals surface area contributed by atoms with Crippen molar-refractivity contribution in [1.82, 2.24) is 5.43 Å². The van der Waals surface area contributed by atoms with Crippen molar-refractivity contribution in [1.29, 1.82) is 0 Å². The molecule has 0 aliphatic heterocycles. The summed E-state index contributed by atoms with van der Waals surface area (Å²) in [5.41, 5.74) is 6.70. The van der Waals surface area contributed by atoms with Crippen LogP contribution in [0.3, 0.4) is 0 Å². The molecule has 0 atom stereocenters. The van der Waals surface area contributed by atoms with E-state index in [-0.39, 0.29) is 25.1 Å². The van der Waals surface area contributed by atoms with Crippen LogP contribution in [0.5, 0.6) is 0 Å².